The molecule has 0 aliphatic carbocycles. The molecule has 1 saturated heterocycles. The van der Waals surface area contributed by atoms with Crippen molar-refractivity contribution in [2.24, 2.45) is 11.8 Å². The molecule has 1 heterocycles. The summed E-state index contributed by atoms with van der Waals surface area (Å²) >= 11 is 1.91. The van der Waals surface area contributed by atoms with E-state index >= 15 is 0 Å². The number of piperidine rings is 1. The zero-order valence-electron chi connectivity index (χ0n) is 12.2. The molecule has 0 amide bonds. The van der Waals surface area contributed by atoms with Crippen molar-refractivity contribution in [1.82, 2.24) is 4.31 Å². The molecule has 0 bridgehead atoms. The van der Waals surface area contributed by atoms with Gasteiger partial charge in [0.05, 0.1) is 0 Å². The first-order valence-electron chi connectivity index (χ1n) is 7.23. The Hall–Kier alpha value is -0.470. The van der Waals surface area contributed by atoms with E-state index in [4.69, 9.17) is 0 Å². The van der Waals surface area contributed by atoms with Crippen molar-refractivity contribution in [3.05, 3.63) is 30.3 Å². The molecule has 0 radical (unpaired) electrons. The van der Waals surface area contributed by atoms with Gasteiger partial charge in [-0.05, 0) is 48.8 Å². The first-order chi connectivity index (χ1) is 8.75. The van der Waals surface area contributed by atoms with Gasteiger partial charge in [0.25, 0.3) is 0 Å². The lowest BCUT2D eigenvalue weighted by Gasteiger charge is -2.32. The second kappa shape index (κ2) is 8.60. The van der Waals surface area contributed by atoms with E-state index < -0.39 is 0 Å². The van der Waals surface area contributed by atoms with E-state index in [9.17, 15) is 0 Å². The third-order valence-electron chi connectivity index (χ3n) is 3.42. The van der Waals surface area contributed by atoms with Crippen LogP contribution in [0, 0.1) is 11.8 Å². The second-order valence-electron chi connectivity index (χ2n) is 4.91. The van der Waals surface area contributed by atoms with Crippen LogP contribution in [0.25, 0.3) is 0 Å². The molecule has 0 saturated carbocycles. The minimum atomic E-state index is 0.851. The molecule has 0 unspecified atom stereocenters. The van der Waals surface area contributed by atoms with E-state index in [1.54, 1.807) is 0 Å². The van der Waals surface area contributed by atoms with Gasteiger partial charge in [0, 0.05) is 18.0 Å². The molecular formula is C16H27NS. The molecule has 1 aliphatic heterocycles. The first-order valence-corrected chi connectivity index (χ1v) is 8.01. The van der Waals surface area contributed by atoms with Crippen LogP contribution in [0.3, 0.4) is 0 Å². The summed E-state index contributed by atoms with van der Waals surface area (Å²) in [6.45, 7) is 11.2. The highest BCUT2D eigenvalue weighted by Crippen LogP contribution is 2.30. The second-order valence-corrected chi connectivity index (χ2v) is 6.09. The van der Waals surface area contributed by atoms with Crippen molar-refractivity contribution < 1.29 is 0 Å². The van der Waals surface area contributed by atoms with Crippen LogP contribution in [-0.4, -0.2) is 17.4 Å². The molecular weight excluding hydrogens is 238 g/mol. The summed E-state index contributed by atoms with van der Waals surface area (Å²) in [5.74, 6) is 1.79. The molecule has 0 atom stereocenters. The van der Waals surface area contributed by atoms with E-state index in [0.717, 1.165) is 11.8 Å². The Balaban J connectivity index is 0.000000771. The third-order valence-corrected chi connectivity index (χ3v) is 4.53. The fraction of sp³-hybridized carbons (Fsp3) is 0.625. The Morgan fingerprint density at radius 1 is 1.06 bits per heavy atom. The summed E-state index contributed by atoms with van der Waals surface area (Å²) in [5, 5.41) is 0. The zero-order chi connectivity index (χ0) is 13.4. The summed E-state index contributed by atoms with van der Waals surface area (Å²) < 4.78 is 2.51. The van der Waals surface area contributed by atoms with Crippen LogP contribution in [0.2, 0.25) is 0 Å². The molecule has 1 fully saturated rings. The highest BCUT2D eigenvalue weighted by Gasteiger charge is 2.21. The van der Waals surface area contributed by atoms with Gasteiger partial charge in [-0.2, -0.15) is 0 Å². The minimum absolute atomic E-state index is 0.851. The molecule has 0 N–H and O–H groups in total. The van der Waals surface area contributed by atoms with E-state index in [1.165, 1.54) is 30.8 Å². The topological polar surface area (TPSA) is 3.24 Å². The largest absolute Gasteiger partial charge is 0.246 e. The Morgan fingerprint density at radius 3 is 2.11 bits per heavy atom. The predicted octanol–water partition coefficient (Wildman–Crippen LogP) is 5.09. The summed E-state index contributed by atoms with van der Waals surface area (Å²) in [4.78, 5) is 1.37. The quantitative estimate of drug-likeness (QED) is 0.700. The Bertz CT molecular complexity index is 302. The van der Waals surface area contributed by atoms with Crippen molar-refractivity contribution in [2.45, 2.75) is 45.4 Å². The maximum absolute atomic E-state index is 2.51. The van der Waals surface area contributed by atoms with E-state index in [-0.39, 0.29) is 0 Å². The maximum Gasteiger partial charge on any atom is 0.0230 e. The summed E-state index contributed by atoms with van der Waals surface area (Å²) in [7, 11) is 0. The van der Waals surface area contributed by atoms with Crippen molar-refractivity contribution in [3.8, 4) is 0 Å². The molecule has 1 aliphatic rings. The van der Waals surface area contributed by atoms with Gasteiger partial charge in [-0.3, -0.25) is 0 Å². The van der Waals surface area contributed by atoms with Gasteiger partial charge < -0.3 is 0 Å². The van der Waals surface area contributed by atoms with Crippen LogP contribution in [-0.2, 0) is 0 Å². The average molecular weight is 265 g/mol. The number of hydrogen-bond acceptors (Lipinski definition) is 2. The smallest absolute Gasteiger partial charge is 0.0230 e. The van der Waals surface area contributed by atoms with Crippen LogP contribution in [0.1, 0.15) is 40.5 Å². The zero-order valence-corrected chi connectivity index (χ0v) is 13.0. The van der Waals surface area contributed by atoms with Gasteiger partial charge in [0.15, 0.2) is 0 Å². The molecule has 2 heteroatoms. The van der Waals surface area contributed by atoms with Crippen LogP contribution < -0.4 is 0 Å². The first kappa shape index (κ1) is 15.6. The van der Waals surface area contributed by atoms with Gasteiger partial charge in [-0.25, -0.2) is 4.31 Å². The summed E-state index contributed by atoms with van der Waals surface area (Å²) in [5.41, 5.74) is 0. The molecule has 2 rings (SSSR count). The van der Waals surface area contributed by atoms with E-state index in [0.29, 0.717) is 0 Å². The molecule has 0 spiro atoms. The molecule has 1 aromatic carbocycles. The van der Waals surface area contributed by atoms with Gasteiger partial charge in [0.2, 0.25) is 0 Å². The van der Waals surface area contributed by atoms with Crippen LogP contribution in [0.15, 0.2) is 35.2 Å². The van der Waals surface area contributed by atoms with Crippen molar-refractivity contribution in [1.29, 1.82) is 0 Å². The van der Waals surface area contributed by atoms with Crippen LogP contribution in [0.5, 0.6) is 0 Å². The fourth-order valence-electron chi connectivity index (χ4n) is 2.26. The van der Waals surface area contributed by atoms with Crippen LogP contribution >= 0.6 is 11.9 Å². The Morgan fingerprint density at radius 2 is 1.61 bits per heavy atom. The standard InChI is InChI=1S/C14H21NS.C2H6/c1-12(2)13-8-10-15(11-9-13)16-14-6-4-3-5-7-14;1-2/h3-7,12-13H,8-11H2,1-2H3;1-2H3. The number of hydrogen-bond donors (Lipinski definition) is 0. The minimum Gasteiger partial charge on any atom is -0.246 e. The monoisotopic (exact) mass is 265 g/mol. The summed E-state index contributed by atoms with van der Waals surface area (Å²) in [6, 6.07) is 10.7. The number of rotatable bonds is 3. The summed E-state index contributed by atoms with van der Waals surface area (Å²) in [6.07, 6.45) is 2.72. The predicted molar refractivity (Wildman–Crippen MR) is 82.8 cm³/mol. The van der Waals surface area contributed by atoms with Crippen LogP contribution in [0.4, 0.5) is 0 Å². The normalized spacial score (nSPS) is 17.4. The highest BCUT2D eigenvalue weighted by molar-refractivity contribution is 7.97. The number of nitrogens with zero attached hydrogens (tertiary/aromatic N) is 1. The van der Waals surface area contributed by atoms with E-state index in [1.807, 2.05) is 25.8 Å². The average Bonchev–Trinajstić information content (AvgIpc) is 2.43. The molecule has 0 aromatic heterocycles. The Kier molecular flexibility index (Phi) is 7.45. The van der Waals surface area contributed by atoms with Crippen molar-refractivity contribution in [2.75, 3.05) is 13.1 Å². The van der Waals surface area contributed by atoms with Gasteiger partial charge in [-0.1, -0.05) is 45.9 Å². The lowest BCUT2D eigenvalue weighted by molar-refractivity contribution is 0.237. The lowest BCUT2D eigenvalue weighted by atomic mass is 9.87. The molecule has 102 valence electrons. The highest BCUT2D eigenvalue weighted by atomic mass is 32.2. The van der Waals surface area contributed by atoms with Gasteiger partial charge >= 0.3 is 0 Å². The van der Waals surface area contributed by atoms with Gasteiger partial charge in [0.1, 0.15) is 0 Å². The van der Waals surface area contributed by atoms with Crippen molar-refractivity contribution in [3.63, 3.8) is 0 Å². The third kappa shape index (κ3) is 5.03. The lowest BCUT2D eigenvalue weighted by Crippen LogP contribution is -2.30. The number of benzene rings is 1. The fourth-order valence-corrected chi connectivity index (χ4v) is 3.23. The molecule has 18 heavy (non-hydrogen) atoms. The van der Waals surface area contributed by atoms with Crippen molar-refractivity contribution >= 4 is 11.9 Å². The van der Waals surface area contributed by atoms with E-state index in [2.05, 4.69) is 48.5 Å². The Labute approximate surface area is 117 Å². The SMILES string of the molecule is CC.CC(C)C1CCN(Sc2ccccc2)CC1. The maximum atomic E-state index is 2.51. The van der Waals surface area contributed by atoms with Gasteiger partial charge in [-0.15, -0.1) is 0 Å². The molecule has 1 aromatic rings. The molecule has 1 nitrogen and oxygen atoms in total.